The molecule has 1 heterocycles. The van der Waals surface area contributed by atoms with Crippen LogP contribution in [0.5, 0.6) is 0 Å². The Labute approximate surface area is 107 Å². The van der Waals surface area contributed by atoms with Crippen molar-refractivity contribution in [3.8, 4) is 12.3 Å². The van der Waals surface area contributed by atoms with Crippen LogP contribution in [0.1, 0.15) is 21.6 Å². The largest absolute Gasteiger partial charge is 0.416 e. The van der Waals surface area contributed by atoms with Crippen molar-refractivity contribution < 1.29 is 13.2 Å². The Balaban J connectivity index is 2.14. The van der Waals surface area contributed by atoms with Gasteiger partial charge in [0.05, 0.1) is 10.4 Å². The molecule has 4 heteroatoms. The van der Waals surface area contributed by atoms with Gasteiger partial charge in [0, 0.05) is 0 Å². The predicted octanol–water partition coefficient (Wildman–Crippen LogP) is 4.34. The van der Waals surface area contributed by atoms with Gasteiger partial charge in [-0.2, -0.15) is 13.2 Å². The van der Waals surface area contributed by atoms with Crippen molar-refractivity contribution >= 4 is 11.3 Å². The molecule has 0 radical (unpaired) electrons. The van der Waals surface area contributed by atoms with Gasteiger partial charge in [0.25, 0.3) is 0 Å². The maximum Gasteiger partial charge on any atom is 0.416 e. The lowest BCUT2D eigenvalue weighted by molar-refractivity contribution is -0.137. The molecule has 0 spiro atoms. The van der Waals surface area contributed by atoms with Gasteiger partial charge in [-0.3, -0.25) is 0 Å². The van der Waals surface area contributed by atoms with E-state index in [9.17, 15) is 13.2 Å². The maximum absolute atomic E-state index is 12.4. The molecule has 0 saturated carbocycles. The minimum Gasteiger partial charge on any atom is -0.166 e. The van der Waals surface area contributed by atoms with Crippen molar-refractivity contribution in [1.29, 1.82) is 0 Å². The second kappa shape index (κ2) is 4.87. The van der Waals surface area contributed by atoms with Gasteiger partial charge in [-0.15, -0.1) is 17.8 Å². The first-order valence-corrected chi connectivity index (χ1v) is 6.07. The summed E-state index contributed by atoms with van der Waals surface area (Å²) in [6, 6.07) is 7.07. The Morgan fingerprint density at radius 1 is 1.11 bits per heavy atom. The third kappa shape index (κ3) is 2.93. The lowest BCUT2D eigenvalue weighted by Crippen LogP contribution is -2.04. The number of terminal acetylenes is 1. The number of rotatable bonds is 2. The standard InChI is InChI=1S/C14H9F3S/c1-2-13-8-11(9-18-13)7-10-3-5-12(6-4-10)14(15,16)17/h1,3-6,8-9H,7H2. The van der Waals surface area contributed by atoms with E-state index in [1.807, 2.05) is 11.4 Å². The molecule has 0 aliphatic carbocycles. The van der Waals surface area contributed by atoms with Crippen LogP contribution in [0.4, 0.5) is 13.2 Å². The fourth-order valence-electron chi connectivity index (χ4n) is 1.59. The minimum atomic E-state index is -4.28. The average Bonchev–Trinajstić information content (AvgIpc) is 2.76. The highest BCUT2D eigenvalue weighted by atomic mass is 32.1. The normalized spacial score (nSPS) is 11.2. The van der Waals surface area contributed by atoms with E-state index < -0.39 is 11.7 Å². The van der Waals surface area contributed by atoms with E-state index in [1.54, 1.807) is 0 Å². The molecule has 0 bridgehead atoms. The molecule has 2 aromatic rings. The lowest BCUT2D eigenvalue weighted by Gasteiger charge is -2.07. The summed E-state index contributed by atoms with van der Waals surface area (Å²) in [7, 11) is 0. The summed E-state index contributed by atoms with van der Waals surface area (Å²) >= 11 is 1.46. The van der Waals surface area contributed by atoms with Gasteiger partial charge in [0.1, 0.15) is 0 Å². The van der Waals surface area contributed by atoms with Gasteiger partial charge in [-0.05, 0) is 41.1 Å². The van der Waals surface area contributed by atoms with Gasteiger partial charge in [-0.25, -0.2) is 0 Å². The molecule has 0 nitrogen and oxygen atoms in total. The Bertz CT molecular complexity index is 570. The van der Waals surface area contributed by atoms with Crippen LogP contribution in [0.25, 0.3) is 0 Å². The third-order valence-electron chi connectivity index (χ3n) is 2.49. The quantitative estimate of drug-likeness (QED) is 0.709. The number of hydrogen-bond acceptors (Lipinski definition) is 1. The number of hydrogen-bond donors (Lipinski definition) is 0. The molecule has 0 fully saturated rings. The van der Waals surface area contributed by atoms with Crippen molar-refractivity contribution in [1.82, 2.24) is 0 Å². The number of alkyl halides is 3. The van der Waals surface area contributed by atoms with Gasteiger partial charge >= 0.3 is 6.18 Å². The molecule has 1 aromatic heterocycles. The SMILES string of the molecule is C#Cc1cc(Cc2ccc(C(F)(F)F)cc2)cs1. The number of benzene rings is 1. The van der Waals surface area contributed by atoms with Gasteiger partial charge in [-0.1, -0.05) is 18.1 Å². The van der Waals surface area contributed by atoms with Crippen molar-refractivity contribution in [3.05, 3.63) is 57.3 Å². The van der Waals surface area contributed by atoms with Crippen LogP contribution < -0.4 is 0 Å². The molecule has 0 N–H and O–H groups in total. The maximum atomic E-state index is 12.4. The Morgan fingerprint density at radius 2 is 1.78 bits per heavy atom. The van der Waals surface area contributed by atoms with Crippen LogP contribution >= 0.6 is 11.3 Å². The van der Waals surface area contributed by atoms with E-state index in [2.05, 4.69) is 5.92 Å². The summed E-state index contributed by atoms with van der Waals surface area (Å²) < 4.78 is 37.1. The number of halogens is 3. The van der Waals surface area contributed by atoms with E-state index >= 15 is 0 Å². The van der Waals surface area contributed by atoms with E-state index in [1.165, 1.54) is 23.5 Å². The van der Waals surface area contributed by atoms with Crippen molar-refractivity contribution in [2.75, 3.05) is 0 Å². The fraction of sp³-hybridized carbons (Fsp3) is 0.143. The molecule has 0 aliphatic heterocycles. The summed E-state index contributed by atoms with van der Waals surface area (Å²) in [6.07, 6.45) is 1.57. The van der Waals surface area contributed by atoms with Crippen molar-refractivity contribution in [2.24, 2.45) is 0 Å². The minimum absolute atomic E-state index is 0.594. The predicted molar refractivity (Wildman–Crippen MR) is 66.5 cm³/mol. The molecular weight excluding hydrogens is 257 g/mol. The molecule has 2 rings (SSSR count). The Kier molecular flexibility index (Phi) is 3.44. The second-order valence-electron chi connectivity index (χ2n) is 3.84. The topological polar surface area (TPSA) is 0 Å². The first kappa shape index (κ1) is 12.7. The van der Waals surface area contributed by atoms with Crippen LogP contribution in [0, 0.1) is 12.3 Å². The summed E-state index contributed by atoms with van der Waals surface area (Å²) in [5.41, 5.74) is 1.23. The second-order valence-corrected chi connectivity index (χ2v) is 4.75. The van der Waals surface area contributed by atoms with E-state index in [4.69, 9.17) is 6.42 Å². The van der Waals surface area contributed by atoms with Gasteiger partial charge in [0.2, 0.25) is 0 Å². The highest BCUT2D eigenvalue weighted by molar-refractivity contribution is 7.10. The van der Waals surface area contributed by atoms with Crippen LogP contribution in [0.3, 0.4) is 0 Å². The lowest BCUT2D eigenvalue weighted by atomic mass is 10.1. The third-order valence-corrected chi connectivity index (χ3v) is 3.40. The molecule has 0 aliphatic rings. The zero-order valence-electron chi connectivity index (χ0n) is 9.29. The Hall–Kier alpha value is -1.73. The van der Waals surface area contributed by atoms with E-state index in [0.29, 0.717) is 6.42 Å². The molecule has 0 atom stereocenters. The van der Waals surface area contributed by atoms with Crippen LogP contribution in [-0.2, 0) is 12.6 Å². The first-order valence-electron chi connectivity index (χ1n) is 5.19. The zero-order chi connectivity index (χ0) is 13.2. The molecule has 18 heavy (non-hydrogen) atoms. The van der Waals surface area contributed by atoms with Crippen LogP contribution in [0.2, 0.25) is 0 Å². The Morgan fingerprint density at radius 3 is 2.28 bits per heavy atom. The van der Waals surface area contributed by atoms with Crippen LogP contribution in [0.15, 0.2) is 35.7 Å². The zero-order valence-corrected chi connectivity index (χ0v) is 10.1. The van der Waals surface area contributed by atoms with Gasteiger partial charge < -0.3 is 0 Å². The molecule has 1 aromatic carbocycles. The van der Waals surface area contributed by atoms with Crippen molar-refractivity contribution in [2.45, 2.75) is 12.6 Å². The number of thiophene rings is 1. The monoisotopic (exact) mass is 266 g/mol. The molecule has 0 unspecified atom stereocenters. The summed E-state index contributed by atoms with van der Waals surface area (Å²) in [5.74, 6) is 2.53. The highest BCUT2D eigenvalue weighted by Crippen LogP contribution is 2.29. The molecule has 0 saturated heterocycles. The molecule has 92 valence electrons. The summed E-state index contributed by atoms with van der Waals surface area (Å²) in [4.78, 5) is 0.830. The molecular formula is C14H9F3S. The summed E-state index contributed by atoms with van der Waals surface area (Å²) in [5, 5.41) is 1.92. The summed E-state index contributed by atoms with van der Waals surface area (Å²) in [6.45, 7) is 0. The van der Waals surface area contributed by atoms with E-state index in [-0.39, 0.29) is 0 Å². The van der Waals surface area contributed by atoms with Crippen LogP contribution in [-0.4, -0.2) is 0 Å². The first-order chi connectivity index (χ1) is 8.49. The van der Waals surface area contributed by atoms with E-state index in [0.717, 1.165) is 28.1 Å². The fourth-order valence-corrected chi connectivity index (χ4v) is 2.31. The highest BCUT2D eigenvalue weighted by Gasteiger charge is 2.29. The van der Waals surface area contributed by atoms with Crippen molar-refractivity contribution in [3.63, 3.8) is 0 Å². The smallest absolute Gasteiger partial charge is 0.166 e. The average molecular weight is 266 g/mol. The van der Waals surface area contributed by atoms with Gasteiger partial charge in [0.15, 0.2) is 0 Å². The molecule has 0 amide bonds.